The van der Waals surface area contributed by atoms with Crippen LogP contribution in [0.25, 0.3) is 0 Å². The summed E-state index contributed by atoms with van der Waals surface area (Å²) in [7, 11) is -3.86. The van der Waals surface area contributed by atoms with Gasteiger partial charge in [-0.05, 0) is 36.2 Å². The number of anilines is 1. The Morgan fingerprint density at radius 2 is 2.04 bits per heavy atom. The molecule has 2 aliphatic rings. The molecule has 0 saturated carbocycles. The van der Waals surface area contributed by atoms with Crippen molar-refractivity contribution in [1.29, 1.82) is 0 Å². The number of nitrogens with zero attached hydrogens (tertiary/aromatic N) is 1. The Morgan fingerprint density at radius 1 is 1.29 bits per heavy atom. The summed E-state index contributed by atoms with van der Waals surface area (Å²) in [6, 6.07) is 10.6. The molecule has 0 spiro atoms. The van der Waals surface area contributed by atoms with Gasteiger partial charge in [-0.25, -0.2) is 13.1 Å². The van der Waals surface area contributed by atoms with E-state index in [4.69, 9.17) is 9.47 Å². The zero-order valence-corrected chi connectivity index (χ0v) is 17.5. The molecule has 0 saturated heterocycles. The molecule has 2 aliphatic heterocycles. The lowest BCUT2D eigenvalue weighted by Gasteiger charge is -2.27. The van der Waals surface area contributed by atoms with Crippen LogP contribution in [0.4, 0.5) is 5.69 Å². The summed E-state index contributed by atoms with van der Waals surface area (Å²) in [5.41, 5.74) is 1.28. The topological polar surface area (TPSA) is 84.9 Å². The zero-order chi connectivity index (χ0) is 19.9. The monoisotopic (exact) mass is 466 g/mol. The second-order valence-electron chi connectivity index (χ2n) is 6.68. The predicted molar refractivity (Wildman–Crippen MR) is 107 cm³/mol. The molecule has 0 radical (unpaired) electrons. The Balaban J connectivity index is 1.56. The molecule has 2 aromatic carbocycles. The molecule has 4 rings (SSSR count). The van der Waals surface area contributed by atoms with E-state index in [9.17, 15) is 13.2 Å². The van der Waals surface area contributed by atoms with Crippen molar-refractivity contribution < 1.29 is 22.7 Å². The Morgan fingerprint density at radius 3 is 2.79 bits per heavy atom. The summed E-state index contributed by atoms with van der Waals surface area (Å²) >= 11 is 3.37. The van der Waals surface area contributed by atoms with Gasteiger partial charge in [-0.2, -0.15) is 0 Å². The number of benzene rings is 2. The van der Waals surface area contributed by atoms with E-state index in [1.807, 2.05) is 18.2 Å². The quantitative estimate of drug-likeness (QED) is 0.747. The maximum absolute atomic E-state index is 13.0. The number of halogens is 1. The average Bonchev–Trinajstić information content (AvgIpc) is 3.09. The zero-order valence-electron chi connectivity index (χ0n) is 15.1. The summed E-state index contributed by atoms with van der Waals surface area (Å²) in [5, 5.41) is 0. The van der Waals surface area contributed by atoms with Crippen molar-refractivity contribution in [1.82, 2.24) is 4.72 Å². The minimum absolute atomic E-state index is 0.0536. The number of amides is 1. The standard InChI is InChI=1S/C19H19BrN2O5S/c1-12(23)22-7-6-13-8-14(20)9-18(19(13)22)28(24,25)21-10-15-11-26-16-4-2-3-5-17(16)27-15/h2-5,8-9,15,21H,6-7,10-11H2,1H3. The maximum Gasteiger partial charge on any atom is 0.242 e. The van der Waals surface area contributed by atoms with Gasteiger partial charge in [-0.3, -0.25) is 4.79 Å². The second-order valence-corrected chi connectivity index (χ2v) is 9.33. The highest BCUT2D eigenvalue weighted by Gasteiger charge is 2.32. The van der Waals surface area contributed by atoms with Gasteiger partial charge in [0, 0.05) is 17.9 Å². The van der Waals surface area contributed by atoms with Crippen molar-refractivity contribution >= 4 is 37.5 Å². The first kappa shape index (κ1) is 19.2. The number of para-hydroxylation sites is 2. The minimum Gasteiger partial charge on any atom is -0.486 e. The fraction of sp³-hybridized carbons (Fsp3) is 0.316. The number of carbonyl (C=O) groups excluding carboxylic acids is 1. The summed E-state index contributed by atoms with van der Waals surface area (Å²) < 4.78 is 40.8. The SMILES string of the molecule is CC(=O)N1CCc2cc(Br)cc(S(=O)(=O)NCC3COc4ccccc4O3)c21. The Bertz CT molecular complexity index is 1040. The number of ether oxygens (including phenoxy) is 2. The molecular weight excluding hydrogens is 448 g/mol. The number of rotatable bonds is 4. The third kappa shape index (κ3) is 3.61. The maximum atomic E-state index is 13.0. The first-order chi connectivity index (χ1) is 13.3. The number of sulfonamides is 1. The molecule has 9 heteroatoms. The second kappa shape index (κ2) is 7.38. The third-order valence-electron chi connectivity index (χ3n) is 4.73. The van der Waals surface area contributed by atoms with Crippen LogP contribution in [0.3, 0.4) is 0 Å². The van der Waals surface area contributed by atoms with Gasteiger partial charge in [0.2, 0.25) is 15.9 Å². The summed E-state index contributed by atoms with van der Waals surface area (Å²) in [5.74, 6) is 1.05. The van der Waals surface area contributed by atoms with E-state index in [2.05, 4.69) is 20.7 Å². The van der Waals surface area contributed by atoms with Crippen LogP contribution in [0.1, 0.15) is 12.5 Å². The molecule has 2 heterocycles. The number of hydrogen-bond donors (Lipinski definition) is 1. The van der Waals surface area contributed by atoms with E-state index in [0.29, 0.717) is 34.6 Å². The Kier molecular flexibility index (Phi) is 5.07. The van der Waals surface area contributed by atoms with Crippen LogP contribution in [0.15, 0.2) is 45.8 Å². The van der Waals surface area contributed by atoms with Crippen molar-refractivity contribution in [3.05, 3.63) is 46.4 Å². The lowest BCUT2D eigenvalue weighted by molar-refractivity contribution is -0.116. The van der Waals surface area contributed by atoms with E-state index >= 15 is 0 Å². The fourth-order valence-corrected chi connectivity index (χ4v) is 5.43. The van der Waals surface area contributed by atoms with Crippen LogP contribution in [0.2, 0.25) is 0 Å². The number of hydrogen-bond acceptors (Lipinski definition) is 5. The Hall–Kier alpha value is -2.10. The van der Waals surface area contributed by atoms with E-state index in [-0.39, 0.29) is 24.0 Å². The van der Waals surface area contributed by atoms with Gasteiger partial charge in [-0.15, -0.1) is 0 Å². The van der Waals surface area contributed by atoms with E-state index < -0.39 is 16.1 Å². The van der Waals surface area contributed by atoms with Gasteiger partial charge in [0.05, 0.1) is 12.2 Å². The fourth-order valence-electron chi connectivity index (χ4n) is 3.43. The molecule has 1 atom stereocenters. The van der Waals surface area contributed by atoms with Crippen LogP contribution >= 0.6 is 15.9 Å². The van der Waals surface area contributed by atoms with Crippen molar-refractivity contribution in [3.63, 3.8) is 0 Å². The van der Waals surface area contributed by atoms with Crippen molar-refractivity contribution in [2.24, 2.45) is 0 Å². The molecule has 1 unspecified atom stereocenters. The average molecular weight is 467 g/mol. The van der Waals surface area contributed by atoms with E-state index in [1.165, 1.54) is 17.9 Å². The molecule has 0 fully saturated rings. The summed E-state index contributed by atoms with van der Waals surface area (Å²) in [4.78, 5) is 13.5. The molecular formula is C19H19BrN2O5S. The van der Waals surface area contributed by atoms with Crippen molar-refractivity contribution in [3.8, 4) is 11.5 Å². The van der Waals surface area contributed by atoms with Crippen molar-refractivity contribution in [2.45, 2.75) is 24.3 Å². The minimum atomic E-state index is -3.86. The first-order valence-electron chi connectivity index (χ1n) is 8.84. The normalized spacial score (nSPS) is 18.1. The van der Waals surface area contributed by atoms with Gasteiger partial charge in [-0.1, -0.05) is 28.1 Å². The molecule has 0 aliphatic carbocycles. The van der Waals surface area contributed by atoms with Gasteiger partial charge < -0.3 is 14.4 Å². The molecule has 2 aromatic rings. The van der Waals surface area contributed by atoms with Crippen LogP contribution in [0.5, 0.6) is 11.5 Å². The number of carbonyl (C=O) groups is 1. The number of fused-ring (bicyclic) bond motifs is 2. The lowest BCUT2D eigenvalue weighted by Crippen LogP contribution is -2.41. The highest BCUT2D eigenvalue weighted by Crippen LogP contribution is 2.37. The van der Waals surface area contributed by atoms with E-state index in [0.717, 1.165) is 5.56 Å². The largest absolute Gasteiger partial charge is 0.486 e. The van der Waals surface area contributed by atoms with Gasteiger partial charge in [0.15, 0.2) is 11.5 Å². The lowest BCUT2D eigenvalue weighted by atomic mass is 10.2. The summed E-state index contributed by atoms with van der Waals surface area (Å²) in [6.07, 6.45) is 0.168. The van der Waals surface area contributed by atoms with Crippen LogP contribution in [0, 0.1) is 0 Å². The van der Waals surface area contributed by atoms with E-state index in [1.54, 1.807) is 12.1 Å². The predicted octanol–water partition coefficient (Wildman–Crippen LogP) is 2.48. The smallest absolute Gasteiger partial charge is 0.242 e. The third-order valence-corrected chi connectivity index (χ3v) is 6.63. The van der Waals surface area contributed by atoms with Crippen LogP contribution in [-0.2, 0) is 21.2 Å². The van der Waals surface area contributed by atoms with Crippen molar-refractivity contribution in [2.75, 3.05) is 24.6 Å². The van der Waals surface area contributed by atoms with Gasteiger partial charge >= 0.3 is 0 Å². The van der Waals surface area contributed by atoms with Crippen LogP contribution < -0.4 is 19.1 Å². The van der Waals surface area contributed by atoms with Crippen LogP contribution in [-0.4, -0.2) is 40.1 Å². The highest BCUT2D eigenvalue weighted by molar-refractivity contribution is 9.10. The first-order valence-corrected chi connectivity index (χ1v) is 11.1. The number of nitrogens with one attached hydrogen (secondary N) is 1. The van der Waals surface area contributed by atoms with Gasteiger partial charge in [0.25, 0.3) is 0 Å². The Labute approximate surface area is 171 Å². The molecule has 148 valence electrons. The summed E-state index contributed by atoms with van der Waals surface area (Å²) in [6.45, 7) is 2.21. The van der Waals surface area contributed by atoms with Gasteiger partial charge in [0.1, 0.15) is 17.6 Å². The highest BCUT2D eigenvalue weighted by atomic mass is 79.9. The molecule has 1 amide bonds. The molecule has 0 aromatic heterocycles. The molecule has 7 nitrogen and oxygen atoms in total. The molecule has 1 N–H and O–H groups in total. The molecule has 0 bridgehead atoms. The molecule has 28 heavy (non-hydrogen) atoms.